The van der Waals surface area contributed by atoms with E-state index in [1.807, 2.05) is 0 Å². The Bertz CT molecular complexity index is 621. The zero-order valence-electron chi connectivity index (χ0n) is 20.6. The molecule has 40 heavy (non-hydrogen) atoms. The molecule has 0 aliphatic rings. The van der Waals surface area contributed by atoms with Crippen molar-refractivity contribution in [1.29, 1.82) is 0 Å². The SMILES string of the molecule is N[C@@H](C(=O)O)[C@@H](O)[C@H](O)[C@H](O)CO.N[C@@H](C(=O)O)[C@@H](O)[C@H](O)[C@H](O)CO.N[C@@H](C(=O)O)[C@@H](O)[C@H](O)[C@H](O)CO.[Cr]. The monoisotopic (exact) mass is 637 g/mol. The van der Waals surface area contributed by atoms with Crippen LogP contribution in [0.5, 0.6) is 0 Å². The fourth-order valence-electron chi connectivity index (χ4n) is 2.08. The van der Waals surface area contributed by atoms with Gasteiger partial charge in [0.1, 0.15) is 73.1 Å². The molecule has 0 fully saturated rings. The molecule has 0 amide bonds. The molecule has 240 valence electrons. The van der Waals surface area contributed by atoms with E-state index >= 15 is 0 Å². The standard InChI is InChI=1S/3C6H13NO6.Cr/c3*7-3(6(12)13)5(11)4(10)2(9)1-8;/h3*2-5,8-11H,1,7H2,(H,12,13);/t3*2-,3-,4-,5-;/m111./s1. The molecule has 0 saturated heterocycles. The first-order valence-electron chi connectivity index (χ1n) is 10.6. The van der Waals surface area contributed by atoms with Crippen molar-refractivity contribution >= 4 is 17.9 Å². The Hall–Kier alpha value is -1.66. The molecule has 0 rings (SSSR count). The quantitative estimate of drug-likeness (QED) is 0.0792. The number of hydrogen-bond donors (Lipinski definition) is 18. The fourth-order valence-corrected chi connectivity index (χ4v) is 2.08. The van der Waals surface area contributed by atoms with Gasteiger partial charge in [-0.3, -0.25) is 14.4 Å². The third kappa shape index (κ3) is 16.6. The summed E-state index contributed by atoms with van der Waals surface area (Å²) in [5.41, 5.74) is 14.9. The van der Waals surface area contributed by atoms with Crippen LogP contribution < -0.4 is 17.2 Å². The van der Waals surface area contributed by atoms with E-state index in [4.69, 9.17) is 93.8 Å². The molecule has 21 nitrogen and oxygen atoms in total. The van der Waals surface area contributed by atoms with E-state index in [9.17, 15) is 14.4 Å². The van der Waals surface area contributed by atoms with Crippen molar-refractivity contribution in [3.05, 3.63) is 0 Å². The molecule has 0 aromatic rings. The number of hydrogen-bond acceptors (Lipinski definition) is 18. The largest absolute Gasteiger partial charge is 0.480 e. The van der Waals surface area contributed by atoms with Crippen molar-refractivity contribution in [2.75, 3.05) is 19.8 Å². The van der Waals surface area contributed by atoms with E-state index in [-0.39, 0.29) is 17.4 Å². The first-order chi connectivity index (χ1) is 17.7. The van der Waals surface area contributed by atoms with Gasteiger partial charge in [0.05, 0.1) is 19.8 Å². The minimum absolute atomic E-state index is 0. The molecule has 21 N–H and O–H groups in total. The van der Waals surface area contributed by atoms with Crippen LogP contribution in [0.25, 0.3) is 0 Å². The number of aliphatic carboxylic acids is 3. The summed E-state index contributed by atoms with van der Waals surface area (Å²) in [5.74, 6) is -4.51. The van der Waals surface area contributed by atoms with Crippen LogP contribution in [-0.4, -0.2) is 187 Å². The molecule has 0 aliphatic carbocycles. The number of carboxylic acids is 3. The number of aliphatic hydroxyl groups excluding tert-OH is 12. The number of nitrogens with two attached hydrogens (primary N) is 3. The van der Waals surface area contributed by atoms with Crippen LogP contribution in [0, 0.1) is 0 Å². The van der Waals surface area contributed by atoms with Gasteiger partial charge in [-0.05, 0) is 0 Å². The van der Waals surface area contributed by atoms with Gasteiger partial charge in [-0.25, -0.2) is 0 Å². The summed E-state index contributed by atoms with van der Waals surface area (Å²) in [6.07, 6.45) is -15.6. The van der Waals surface area contributed by atoms with Gasteiger partial charge in [-0.15, -0.1) is 0 Å². The van der Waals surface area contributed by atoms with E-state index in [0.29, 0.717) is 0 Å². The van der Waals surface area contributed by atoms with Crippen molar-refractivity contribution < 1.29 is 108 Å². The summed E-state index contributed by atoms with van der Waals surface area (Å²) < 4.78 is 0. The van der Waals surface area contributed by atoms with Crippen molar-refractivity contribution in [1.82, 2.24) is 0 Å². The van der Waals surface area contributed by atoms with E-state index < -0.39 is 111 Å². The molecule has 0 aliphatic heterocycles. The molecule has 0 bridgehead atoms. The maximum atomic E-state index is 10.2. The van der Waals surface area contributed by atoms with Gasteiger partial charge in [-0.1, -0.05) is 0 Å². The average molecular weight is 638 g/mol. The predicted molar refractivity (Wildman–Crippen MR) is 122 cm³/mol. The Labute approximate surface area is 236 Å². The van der Waals surface area contributed by atoms with Gasteiger partial charge in [0.15, 0.2) is 0 Å². The van der Waals surface area contributed by atoms with Crippen LogP contribution in [0.3, 0.4) is 0 Å². The van der Waals surface area contributed by atoms with Crippen LogP contribution in [0.2, 0.25) is 0 Å². The fraction of sp³-hybridized carbons (Fsp3) is 0.833. The molecular formula is C18H39CrN3O18. The molecule has 0 spiro atoms. The third-order valence-corrected chi connectivity index (χ3v) is 4.75. The first kappa shape index (κ1) is 45.3. The summed E-state index contributed by atoms with van der Waals surface area (Å²) in [5, 5.41) is 131. The maximum Gasteiger partial charge on any atom is 0.323 e. The first-order valence-corrected chi connectivity index (χ1v) is 10.6. The van der Waals surface area contributed by atoms with E-state index in [1.165, 1.54) is 0 Å². The Balaban J connectivity index is -0.000000240. The number of aliphatic hydroxyl groups is 12. The molecule has 0 radical (unpaired) electrons. The molecule has 0 heterocycles. The zero-order chi connectivity index (χ0) is 31.8. The second kappa shape index (κ2) is 23.0. The Morgan fingerprint density at radius 1 is 0.425 bits per heavy atom. The van der Waals surface area contributed by atoms with Crippen LogP contribution >= 0.6 is 0 Å². The van der Waals surface area contributed by atoms with Gasteiger partial charge >= 0.3 is 17.9 Å². The third-order valence-electron chi connectivity index (χ3n) is 4.75. The molecule has 0 aromatic carbocycles. The second-order valence-electron chi connectivity index (χ2n) is 7.79. The van der Waals surface area contributed by atoms with Gasteiger partial charge in [0.2, 0.25) is 0 Å². The minimum Gasteiger partial charge on any atom is -0.480 e. The summed E-state index contributed by atoms with van der Waals surface area (Å²) >= 11 is 0. The Morgan fingerprint density at radius 2 is 0.575 bits per heavy atom. The number of carboxylic acid groups (broad SMARTS) is 3. The second-order valence-corrected chi connectivity index (χ2v) is 7.79. The summed E-state index contributed by atoms with van der Waals surface area (Å²) in [4.78, 5) is 30.6. The van der Waals surface area contributed by atoms with Crippen molar-refractivity contribution in [2.45, 2.75) is 73.1 Å². The molecule has 22 heteroatoms. The summed E-state index contributed by atoms with van der Waals surface area (Å²) in [6.45, 7) is -2.36. The van der Waals surface area contributed by atoms with Crippen molar-refractivity contribution in [2.24, 2.45) is 17.2 Å². The van der Waals surface area contributed by atoms with Gasteiger partial charge in [0, 0.05) is 17.4 Å². The van der Waals surface area contributed by atoms with Crippen molar-refractivity contribution in [3.63, 3.8) is 0 Å². The smallest absolute Gasteiger partial charge is 0.323 e. The topological polar surface area (TPSA) is 433 Å². The molecule has 0 aromatic heterocycles. The molecule has 12 atom stereocenters. The Morgan fingerprint density at radius 3 is 0.675 bits per heavy atom. The van der Waals surface area contributed by atoms with Crippen LogP contribution in [0.1, 0.15) is 0 Å². The van der Waals surface area contributed by atoms with Gasteiger partial charge in [-0.2, -0.15) is 0 Å². The van der Waals surface area contributed by atoms with E-state index in [2.05, 4.69) is 0 Å². The van der Waals surface area contributed by atoms with Gasteiger partial charge in [0.25, 0.3) is 0 Å². The summed E-state index contributed by atoms with van der Waals surface area (Å²) in [6, 6.07) is -5.09. The molecule has 0 saturated carbocycles. The number of rotatable bonds is 15. The number of carbonyl (C=O) groups is 3. The van der Waals surface area contributed by atoms with Crippen molar-refractivity contribution in [3.8, 4) is 0 Å². The minimum atomic E-state index is -1.82. The average Bonchev–Trinajstić information content (AvgIpc) is 2.92. The molecule has 0 unspecified atom stereocenters. The van der Waals surface area contributed by atoms with Gasteiger partial charge < -0.3 is 93.8 Å². The molecular weight excluding hydrogens is 598 g/mol. The van der Waals surface area contributed by atoms with E-state index in [1.54, 1.807) is 0 Å². The van der Waals surface area contributed by atoms with Crippen LogP contribution in [0.15, 0.2) is 0 Å². The Kier molecular flexibility index (Phi) is 26.0. The van der Waals surface area contributed by atoms with Crippen LogP contribution in [0.4, 0.5) is 0 Å². The predicted octanol–water partition coefficient (Wildman–Crippen LogP) is -10.6. The normalized spacial score (nSPS) is 19.9. The maximum absolute atomic E-state index is 10.2. The zero-order valence-corrected chi connectivity index (χ0v) is 21.9. The summed E-state index contributed by atoms with van der Waals surface area (Å²) in [7, 11) is 0. The van der Waals surface area contributed by atoms with E-state index in [0.717, 1.165) is 0 Å². The van der Waals surface area contributed by atoms with Crippen LogP contribution in [-0.2, 0) is 31.7 Å².